The van der Waals surface area contributed by atoms with Gasteiger partial charge < -0.3 is 10.6 Å². The van der Waals surface area contributed by atoms with Crippen LogP contribution in [0.2, 0.25) is 0 Å². The van der Waals surface area contributed by atoms with Crippen molar-refractivity contribution in [3.05, 3.63) is 54.9 Å². The fourth-order valence-corrected chi connectivity index (χ4v) is 1.94. The van der Waals surface area contributed by atoms with Crippen LogP contribution in [0.25, 0.3) is 10.8 Å². The molecule has 1 aromatic heterocycles. The van der Waals surface area contributed by atoms with E-state index in [1.54, 1.807) is 12.4 Å². The van der Waals surface area contributed by atoms with E-state index in [9.17, 15) is 4.79 Å². The number of carbonyl (C=O) groups is 1. The third-order valence-corrected chi connectivity index (χ3v) is 2.79. The van der Waals surface area contributed by atoms with E-state index >= 15 is 0 Å². The SMILES string of the molecule is O=C(Nc1cn[nH]c1)Nc1cccc2ccccc12. The number of aromatic nitrogens is 2. The number of rotatable bonds is 2. The number of carbonyl (C=O) groups excluding carboxylic acids is 1. The summed E-state index contributed by atoms with van der Waals surface area (Å²) in [5.74, 6) is 0. The van der Waals surface area contributed by atoms with Gasteiger partial charge in [-0.05, 0) is 11.5 Å². The van der Waals surface area contributed by atoms with E-state index in [1.165, 1.54) is 0 Å². The van der Waals surface area contributed by atoms with Gasteiger partial charge in [0.25, 0.3) is 0 Å². The summed E-state index contributed by atoms with van der Waals surface area (Å²) in [6.07, 6.45) is 3.16. The van der Waals surface area contributed by atoms with Gasteiger partial charge in [-0.3, -0.25) is 5.10 Å². The van der Waals surface area contributed by atoms with Crippen LogP contribution in [0.5, 0.6) is 0 Å². The second kappa shape index (κ2) is 4.81. The average molecular weight is 252 g/mol. The Morgan fingerprint density at radius 1 is 1.05 bits per heavy atom. The second-order valence-corrected chi connectivity index (χ2v) is 4.09. The molecule has 0 fully saturated rings. The number of fused-ring (bicyclic) bond motifs is 1. The molecule has 94 valence electrons. The number of amides is 2. The van der Waals surface area contributed by atoms with Crippen LogP contribution >= 0.6 is 0 Å². The Morgan fingerprint density at radius 3 is 2.74 bits per heavy atom. The van der Waals surface area contributed by atoms with Crippen molar-refractivity contribution in [1.82, 2.24) is 10.2 Å². The van der Waals surface area contributed by atoms with Gasteiger partial charge in [-0.2, -0.15) is 5.10 Å². The molecule has 0 aliphatic carbocycles. The Morgan fingerprint density at radius 2 is 1.89 bits per heavy atom. The van der Waals surface area contributed by atoms with Crippen LogP contribution in [-0.2, 0) is 0 Å². The zero-order chi connectivity index (χ0) is 13.1. The first kappa shape index (κ1) is 11.3. The molecule has 19 heavy (non-hydrogen) atoms. The molecule has 0 aliphatic rings. The number of benzene rings is 2. The molecule has 2 amide bonds. The van der Waals surface area contributed by atoms with Crippen LogP contribution in [0, 0.1) is 0 Å². The number of aromatic amines is 1. The monoisotopic (exact) mass is 252 g/mol. The van der Waals surface area contributed by atoms with E-state index < -0.39 is 0 Å². The molecular weight excluding hydrogens is 240 g/mol. The van der Waals surface area contributed by atoms with Crippen molar-refractivity contribution in [2.75, 3.05) is 10.6 Å². The van der Waals surface area contributed by atoms with Crippen molar-refractivity contribution < 1.29 is 4.79 Å². The molecule has 1 heterocycles. The molecular formula is C14H12N4O. The van der Waals surface area contributed by atoms with Gasteiger partial charge in [-0.1, -0.05) is 36.4 Å². The molecule has 0 bridgehead atoms. The highest BCUT2D eigenvalue weighted by atomic mass is 16.2. The summed E-state index contributed by atoms with van der Waals surface area (Å²) in [4.78, 5) is 11.9. The van der Waals surface area contributed by atoms with Gasteiger partial charge >= 0.3 is 6.03 Å². The maximum Gasteiger partial charge on any atom is 0.323 e. The zero-order valence-corrected chi connectivity index (χ0v) is 10.1. The van der Waals surface area contributed by atoms with Crippen LogP contribution in [0.3, 0.4) is 0 Å². The van der Waals surface area contributed by atoms with Gasteiger partial charge in [-0.25, -0.2) is 4.79 Å². The first-order valence-corrected chi connectivity index (χ1v) is 5.87. The minimum Gasteiger partial charge on any atom is -0.307 e. The van der Waals surface area contributed by atoms with Crippen LogP contribution < -0.4 is 10.6 Å². The Hall–Kier alpha value is -2.82. The van der Waals surface area contributed by atoms with Crippen LogP contribution in [0.15, 0.2) is 54.9 Å². The lowest BCUT2D eigenvalue weighted by Crippen LogP contribution is -2.19. The number of urea groups is 1. The zero-order valence-electron chi connectivity index (χ0n) is 10.1. The highest BCUT2D eigenvalue weighted by Crippen LogP contribution is 2.22. The van der Waals surface area contributed by atoms with Crippen molar-refractivity contribution in [2.45, 2.75) is 0 Å². The fraction of sp³-hybridized carbons (Fsp3) is 0. The molecule has 2 aromatic carbocycles. The van der Waals surface area contributed by atoms with Crippen molar-refractivity contribution in [1.29, 1.82) is 0 Å². The number of nitrogens with one attached hydrogen (secondary N) is 3. The molecule has 0 aliphatic heterocycles. The summed E-state index contributed by atoms with van der Waals surface area (Å²) in [6.45, 7) is 0. The minimum absolute atomic E-state index is 0.294. The normalized spacial score (nSPS) is 10.3. The van der Waals surface area contributed by atoms with Crippen LogP contribution in [-0.4, -0.2) is 16.2 Å². The van der Waals surface area contributed by atoms with E-state index in [2.05, 4.69) is 20.8 Å². The Balaban J connectivity index is 1.83. The van der Waals surface area contributed by atoms with Crippen molar-refractivity contribution in [3.63, 3.8) is 0 Å². The minimum atomic E-state index is -0.294. The highest BCUT2D eigenvalue weighted by molar-refractivity contribution is 6.06. The number of nitrogens with zero attached hydrogens (tertiary/aromatic N) is 1. The first-order valence-electron chi connectivity index (χ1n) is 5.87. The van der Waals surface area contributed by atoms with Gasteiger partial charge in [0, 0.05) is 11.6 Å². The second-order valence-electron chi connectivity index (χ2n) is 4.09. The Kier molecular flexibility index (Phi) is 2.86. The maximum atomic E-state index is 11.9. The molecule has 0 unspecified atom stereocenters. The molecule has 0 saturated carbocycles. The van der Waals surface area contributed by atoms with Crippen molar-refractivity contribution in [2.24, 2.45) is 0 Å². The summed E-state index contributed by atoms with van der Waals surface area (Å²) < 4.78 is 0. The Labute approximate surface area is 109 Å². The molecule has 3 rings (SSSR count). The molecule has 0 radical (unpaired) electrons. The van der Waals surface area contributed by atoms with Gasteiger partial charge in [0.2, 0.25) is 0 Å². The smallest absolute Gasteiger partial charge is 0.307 e. The summed E-state index contributed by atoms with van der Waals surface area (Å²) in [5.41, 5.74) is 1.40. The van der Waals surface area contributed by atoms with E-state index in [-0.39, 0.29) is 6.03 Å². The van der Waals surface area contributed by atoms with E-state index in [0.717, 1.165) is 16.5 Å². The van der Waals surface area contributed by atoms with E-state index in [0.29, 0.717) is 5.69 Å². The quantitative estimate of drug-likeness (QED) is 0.655. The number of H-pyrrole nitrogens is 1. The van der Waals surface area contributed by atoms with Crippen LogP contribution in [0.1, 0.15) is 0 Å². The topological polar surface area (TPSA) is 69.8 Å². The molecule has 5 nitrogen and oxygen atoms in total. The highest BCUT2D eigenvalue weighted by Gasteiger charge is 2.05. The first-order chi connectivity index (χ1) is 9.33. The number of hydrogen-bond donors (Lipinski definition) is 3. The lowest BCUT2D eigenvalue weighted by molar-refractivity contribution is 0.262. The van der Waals surface area contributed by atoms with Gasteiger partial charge in [-0.15, -0.1) is 0 Å². The molecule has 0 atom stereocenters. The third kappa shape index (κ3) is 2.40. The Bertz CT molecular complexity index is 701. The van der Waals surface area contributed by atoms with Crippen molar-refractivity contribution >= 4 is 28.2 Å². The number of hydrogen-bond acceptors (Lipinski definition) is 2. The molecule has 3 aromatic rings. The summed E-state index contributed by atoms with van der Waals surface area (Å²) in [6, 6.07) is 13.4. The lowest BCUT2D eigenvalue weighted by Gasteiger charge is -2.08. The predicted molar refractivity (Wildman–Crippen MR) is 75.2 cm³/mol. The summed E-state index contributed by atoms with van der Waals surface area (Å²) in [5, 5.41) is 14.0. The van der Waals surface area contributed by atoms with Crippen LogP contribution in [0.4, 0.5) is 16.2 Å². The summed E-state index contributed by atoms with van der Waals surface area (Å²) >= 11 is 0. The molecule has 5 heteroatoms. The van der Waals surface area contributed by atoms with Gasteiger partial charge in [0.05, 0.1) is 17.6 Å². The standard InChI is InChI=1S/C14H12N4O/c19-14(17-11-8-15-16-9-11)18-13-7-3-5-10-4-1-2-6-12(10)13/h1-9H,(H,15,16)(H2,17,18,19). The molecule has 0 spiro atoms. The predicted octanol–water partition coefficient (Wildman–Crippen LogP) is 3.21. The molecule has 0 saturated heterocycles. The van der Waals surface area contributed by atoms with E-state index in [4.69, 9.17) is 0 Å². The largest absolute Gasteiger partial charge is 0.323 e. The van der Waals surface area contributed by atoms with Crippen molar-refractivity contribution in [3.8, 4) is 0 Å². The molecule has 3 N–H and O–H groups in total. The third-order valence-electron chi connectivity index (χ3n) is 2.79. The summed E-state index contributed by atoms with van der Waals surface area (Å²) in [7, 11) is 0. The number of anilines is 2. The van der Waals surface area contributed by atoms with Gasteiger partial charge in [0.15, 0.2) is 0 Å². The fourth-order valence-electron chi connectivity index (χ4n) is 1.94. The van der Waals surface area contributed by atoms with Gasteiger partial charge in [0.1, 0.15) is 0 Å². The lowest BCUT2D eigenvalue weighted by atomic mass is 10.1. The van der Waals surface area contributed by atoms with E-state index in [1.807, 2.05) is 42.5 Å². The maximum absolute atomic E-state index is 11.9. The average Bonchev–Trinajstić information content (AvgIpc) is 2.92.